The largest absolute Gasteiger partial charge is 0.462 e. The van der Waals surface area contributed by atoms with Crippen molar-refractivity contribution in [1.82, 2.24) is 14.6 Å². The van der Waals surface area contributed by atoms with Crippen molar-refractivity contribution in [2.24, 2.45) is 0 Å². The van der Waals surface area contributed by atoms with Gasteiger partial charge in [0.2, 0.25) is 0 Å². The zero-order chi connectivity index (χ0) is 29.1. The summed E-state index contributed by atoms with van der Waals surface area (Å²) in [6, 6.07) is 6.78. The second-order valence-electron chi connectivity index (χ2n) is 8.88. The summed E-state index contributed by atoms with van der Waals surface area (Å²) in [6.45, 7) is -0.413. The number of hydrogen-bond acceptors (Lipinski definition) is 11. The van der Waals surface area contributed by atoms with Crippen LogP contribution in [0.4, 0.5) is 19.0 Å². The van der Waals surface area contributed by atoms with E-state index in [1.807, 2.05) is 0 Å². The lowest BCUT2D eigenvalue weighted by atomic mass is 9.96. The lowest BCUT2D eigenvalue weighted by molar-refractivity contribution is -0.192. The quantitative estimate of drug-likeness (QED) is 0.218. The highest BCUT2D eigenvalue weighted by Crippen LogP contribution is 2.49. The van der Waals surface area contributed by atoms with Crippen molar-refractivity contribution in [2.75, 3.05) is 12.3 Å². The molecule has 0 aliphatic carbocycles. The summed E-state index contributed by atoms with van der Waals surface area (Å²) < 4.78 is 65.0. The maximum absolute atomic E-state index is 14.5. The molecule has 12 nitrogen and oxygen atoms in total. The molecule has 17 heteroatoms. The van der Waals surface area contributed by atoms with E-state index in [2.05, 4.69) is 10.1 Å². The normalized spacial score (nSPS) is 25.4. The van der Waals surface area contributed by atoms with Crippen LogP contribution in [0.3, 0.4) is 0 Å². The minimum atomic E-state index is -3.87. The molecule has 0 bridgehead atoms. The van der Waals surface area contributed by atoms with Crippen molar-refractivity contribution in [3.05, 3.63) is 52.8 Å². The van der Waals surface area contributed by atoms with Crippen LogP contribution in [0.25, 0.3) is 0 Å². The van der Waals surface area contributed by atoms with E-state index < -0.39 is 79.2 Å². The molecule has 6 atom stereocenters. The van der Waals surface area contributed by atoms with Crippen LogP contribution in [0.5, 0.6) is 5.75 Å². The molecule has 1 aromatic carbocycles. The average molecular weight is 597 g/mol. The molecular formula is C22H28F3N4O8PS. The minimum Gasteiger partial charge on any atom is -0.462 e. The van der Waals surface area contributed by atoms with Gasteiger partial charge in [-0.2, -0.15) is 4.98 Å². The third kappa shape index (κ3) is 6.95. The summed E-state index contributed by atoms with van der Waals surface area (Å²) >= 11 is 5.48. The number of ether oxygens (including phenoxy) is 2. The number of carbonyl (C=O) groups excluding carboxylic acids is 1. The number of aliphatic hydroxyl groups excluding tert-OH is 2. The van der Waals surface area contributed by atoms with Crippen LogP contribution in [0.1, 0.15) is 27.0 Å². The molecule has 1 aliphatic heterocycles. The van der Waals surface area contributed by atoms with Crippen molar-refractivity contribution in [3.8, 4) is 5.75 Å². The molecule has 0 saturated carbocycles. The van der Waals surface area contributed by atoms with E-state index in [1.165, 1.54) is 19.1 Å². The van der Waals surface area contributed by atoms with Crippen LogP contribution < -0.4 is 21.0 Å². The van der Waals surface area contributed by atoms with E-state index in [0.717, 1.165) is 0 Å². The number of rotatable bonds is 11. The molecule has 2 heterocycles. The van der Waals surface area contributed by atoms with Gasteiger partial charge < -0.3 is 34.5 Å². The Kier molecular flexibility index (Phi) is 9.75. The Hall–Kier alpha value is -2.59. The zero-order valence-electron chi connectivity index (χ0n) is 20.9. The van der Waals surface area contributed by atoms with Gasteiger partial charge in [-0.1, -0.05) is 18.2 Å². The van der Waals surface area contributed by atoms with Crippen LogP contribution in [0.15, 0.2) is 41.3 Å². The van der Waals surface area contributed by atoms with Crippen molar-refractivity contribution >= 4 is 30.2 Å². The second-order valence-corrected chi connectivity index (χ2v) is 12.0. The van der Waals surface area contributed by atoms with E-state index in [-0.39, 0.29) is 5.75 Å². The van der Waals surface area contributed by atoms with Gasteiger partial charge in [0.15, 0.2) is 23.5 Å². The number of aromatic nitrogens is 2. The molecule has 39 heavy (non-hydrogen) atoms. The number of nitrogens with zero attached hydrogens (tertiary/aromatic N) is 2. The summed E-state index contributed by atoms with van der Waals surface area (Å²) in [6.07, 6.45) is -9.97. The van der Waals surface area contributed by atoms with Gasteiger partial charge in [-0.05, 0) is 44.7 Å². The number of nitrogens with two attached hydrogens (primary N) is 1. The smallest absolute Gasteiger partial charge is 0.351 e. The molecule has 5 N–H and O–H groups in total. The summed E-state index contributed by atoms with van der Waals surface area (Å²) in [7, 11) is 0. The molecule has 0 spiro atoms. The van der Waals surface area contributed by atoms with Crippen molar-refractivity contribution in [3.63, 3.8) is 0 Å². The standard InChI is InChI=1S/C22H28F3N4O8PS/c1-11(2)35-19(32)12(3)28-38(39,37-13-7-5-4-6-8-13)34-10-22(20(24)25)16(31)15(30)18(36-22)29-9-14(23)17(26)27-21(29)33/h4-9,11-12,15-16,18,20,30-31H,10H2,1-3H3,(H,28,39)(H2,26,27,33)/t12-,15-,16-,18+,22+,38?/m0/s1. The maximum atomic E-state index is 14.5. The number of nitrogens with one attached hydrogen (secondary N) is 1. The number of aliphatic hydroxyl groups is 2. The van der Waals surface area contributed by atoms with Gasteiger partial charge in [0.25, 0.3) is 6.43 Å². The fourth-order valence-corrected chi connectivity index (χ4v) is 5.97. The molecule has 216 valence electrons. The fourth-order valence-electron chi connectivity index (χ4n) is 3.55. The van der Waals surface area contributed by atoms with Crippen LogP contribution in [0, 0.1) is 5.82 Å². The lowest BCUT2D eigenvalue weighted by Gasteiger charge is -2.34. The minimum absolute atomic E-state index is 0.171. The highest BCUT2D eigenvalue weighted by Gasteiger charge is 2.61. The van der Waals surface area contributed by atoms with Crippen LogP contribution in [-0.4, -0.2) is 68.7 Å². The van der Waals surface area contributed by atoms with E-state index in [4.69, 9.17) is 36.1 Å². The average Bonchev–Trinajstić information content (AvgIpc) is 3.11. The van der Waals surface area contributed by atoms with Crippen molar-refractivity contribution in [2.45, 2.75) is 63.4 Å². The Labute approximate surface area is 226 Å². The number of alkyl halides is 2. The SMILES string of the molecule is CC(C)OC(=O)[C@H](C)NP(=S)(OC[C@@]1(C(F)F)O[C@@H](n2cc(F)c(N)nc2=O)[C@@H](O)[C@@H]1O)Oc1ccccc1. The predicted octanol–water partition coefficient (Wildman–Crippen LogP) is 1.47. The first-order valence-electron chi connectivity index (χ1n) is 11.5. The highest BCUT2D eigenvalue weighted by molar-refractivity contribution is 8.09. The summed E-state index contributed by atoms with van der Waals surface area (Å²) in [4.78, 5) is 27.8. The molecule has 2 aromatic rings. The summed E-state index contributed by atoms with van der Waals surface area (Å²) in [5, 5.41) is 23.8. The number of nitrogen functional groups attached to an aromatic ring is 1. The van der Waals surface area contributed by atoms with Crippen LogP contribution in [0.2, 0.25) is 0 Å². The predicted molar refractivity (Wildman–Crippen MR) is 135 cm³/mol. The van der Waals surface area contributed by atoms with Crippen molar-refractivity contribution in [1.29, 1.82) is 0 Å². The third-order valence-corrected chi connectivity index (χ3v) is 8.00. The monoisotopic (exact) mass is 596 g/mol. The topological polar surface area (TPSA) is 167 Å². The van der Waals surface area contributed by atoms with Gasteiger partial charge in [0, 0.05) is 0 Å². The lowest BCUT2D eigenvalue weighted by Crippen LogP contribution is -2.53. The van der Waals surface area contributed by atoms with Gasteiger partial charge in [-0.15, -0.1) is 0 Å². The van der Waals surface area contributed by atoms with Crippen LogP contribution >= 0.6 is 6.64 Å². The number of carbonyl (C=O) groups is 1. The van der Waals surface area contributed by atoms with Gasteiger partial charge in [-0.3, -0.25) is 9.36 Å². The number of hydrogen-bond donors (Lipinski definition) is 4. The van der Waals surface area contributed by atoms with Gasteiger partial charge in [0.05, 0.1) is 18.9 Å². The molecule has 1 aromatic heterocycles. The first-order chi connectivity index (χ1) is 18.2. The number of benzene rings is 1. The van der Waals surface area contributed by atoms with Crippen LogP contribution in [-0.2, 0) is 30.6 Å². The van der Waals surface area contributed by atoms with E-state index >= 15 is 0 Å². The first-order valence-corrected chi connectivity index (χ1v) is 14.2. The highest BCUT2D eigenvalue weighted by atomic mass is 32.5. The maximum Gasteiger partial charge on any atom is 0.351 e. The van der Waals surface area contributed by atoms with E-state index in [0.29, 0.717) is 10.8 Å². The number of esters is 1. The van der Waals surface area contributed by atoms with E-state index in [1.54, 1.807) is 32.0 Å². The van der Waals surface area contributed by atoms with Crippen molar-refractivity contribution < 1.29 is 46.7 Å². The molecule has 1 unspecified atom stereocenters. The summed E-state index contributed by atoms with van der Waals surface area (Å²) in [5.41, 5.74) is 1.05. The second kappa shape index (κ2) is 12.3. The number of halogens is 3. The Balaban J connectivity index is 1.92. The first kappa shape index (κ1) is 30.9. The molecule has 3 rings (SSSR count). The number of para-hydroxylation sites is 1. The zero-order valence-corrected chi connectivity index (χ0v) is 22.7. The third-order valence-electron chi connectivity index (χ3n) is 5.52. The molecule has 1 saturated heterocycles. The Morgan fingerprint density at radius 3 is 2.54 bits per heavy atom. The van der Waals surface area contributed by atoms with Gasteiger partial charge >= 0.3 is 18.3 Å². The Bertz CT molecular complexity index is 1270. The number of anilines is 1. The molecule has 1 aliphatic rings. The Morgan fingerprint density at radius 1 is 1.31 bits per heavy atom. The Morgan fingerprint density at radius 2 is 1.95 bits per heavy atom. The molecule has 0 radical (unpaired) electrons. The van der Waals surface area contributed by atoms with Gasteiger partial charge in [-0.25, -0.2) is 23.1 Å². The molecule has 1 fully saturated rings. The van der Waals surface area contributed by atoms with E-state index in [9.17, 15) is 33.0 Å². The summed E-state index contributed by atoms with van der Waals surface area (Å²) in [5.74, 6) is -2.51. The van der Waals surface area contributed by atoms with Gasteiger partial charge in [0.1, 0.15) is 24.0 Å². The molecular weight excluding hydrogens is 568 g/mol. The molecule has 0 amide bonds. The fraction of sp³-hybridized carbons (Fsp3) is 0.500.